The molecule has 0 unspecified atom stereocenters. The standard InChI is InChI=1S/C19H17ClF3N3O2S2/c1-2-3-7-26-17(28)16-13(6-8-29-16)25-18(26)30-10-15(27)24-14-9-11(19(21,22)23)4-5-12(14)20/h4-6,8-9H,2-3,7,10H2,1H3,(H,24,27). The van der Waals surface area contributed by atoms with Crippen LogP contribution in [0.5, 0.6) is 0 Å². The molecule has 0 saturated heterocycles. The Bertz CT molecular complexity index is 1130. The Morgan fingerprint density at radius 2 is 2.10 bits per heavy atom. The number of hydrogen-bond acceptors (Lipinski definition) is 5. The van der Waals surface area contributed by atoms with Crippen LogP contribution in [0.3, 0.4) is 0 Å². The minimum atomic E-state index is -4.55. The number of nitrogens with one attached hydrogen (secondary N) is 1. The summed E-state index contributed by atoms with van der Waals surface area (Å²) in [5.74, 6) is -0.691. The lowest BCUT2D eigenvalue weighted by Crippen LogP contribution is -2.23. The molecule has 0 bridgehead atoms. The largest absolute Gasteiger partial charge is 0.416 e. The molecule has 1 aromatic carbocycles. The third-order valence-corrected chi connectivity index (χ3v) is 6.36. The van der Waals surface area contributed by atoms with Gasteiger partial charge in [0.1, 0.15) is 4.70 Å². The quantitative estimate of drug-likeness (QED) is 0.353. The molecule has 5 nitrogen and oxygen atoms in total. The number of nitrogens with zero attached hydrogens (tertiary/aromatic N) is 2. The Labute approximate surface area is 183 Å². The molecule has 1 N–H and O–H groups in total. The second-order valence-electron chi connectivity index (χ2n) is 6.37. The zero-order chi connectivity index (χ0) is 21.9. The van der Waals surface area contributed by atoms with Gasteiger partial charge in [0.25, 0.3) is 5.56 Å². The number of hydrogen-bond donors (Lipinski definition) is 1. The van der Waals surface area contributed by atoms with Crippen molar-refractivity contribution in [1.82, 2.24) is 9.55 Å². The van der Waals surface area contributed by atoms with Crippen LogP contribution in [0.2, 0.25) is 5.02 Å². The van der Waals surface area contributed by atoms with E-state index >= 15 is 0 Å². The molecule has 0 aliphatic carbocycles. The summed E-state index contributed by atoms with van der Waals surface area (Å²) in [5.41, 5.74) is -0.636. The first-order chi connectivity index (χ1) is 14.2. The average Bonchev–Trinajstić information content (AvgIpc) is 3.15. The van der Waals surface area contributed by atoms with Gasteiger partial charge in [0.15, 0.2) is 5.16 Å². The monoisotopic (exact) mass is 475 g/mol. The Morgan fingerprint density at radius 1 is 1.33 bits per heavy atom. The van der Waals surface area contributed by atoms with Gasteiger partial charge in [0, 0.05) is 6.54 Å². The maximum atomic E-state index is 12.9. The number of alkyl halides is 3. The Kier molecular flexibility index (Phi) is 7.10. The fraction of sp³-hybridized carbons (Fsp3) is 0.316. The summed E-state index contributed by atoms with van der Waals surface area (Å²) in [7, 11) is 0. The molecule has 0 aliphatic rings. The molecule has 1 amide bonds. The molecule has 11 heteroatoms. The van der Waals surface area contributed by atoms with Gasteiger partial charge in [-0.3, -0.25) is 14.2 Å². The number of thioether (sulfide) groups is 1. The summed E-state index contributed by atoms with van der Waals surface area (Å²) < 4.78 is 40.8. The Balaban J connectivity index is 1.78. The minimum Gasteiger partial charge on any atom is -0.324 e. The number of unbranched alkanes of at least 4 members (excludes halogenated alkanes) is 1. The molecule has 30 heavy (non-hydrogen) atoms. The van der Waals surface area contributed by atoms with Crippen LogP contribution in [0.1, 0.15) is 25.3 Å². The average molecular weight is 476 g/mol. The summed E-state index contributed by atoms with van der Waals surface area (Å²) in [5, 5.41) is 4.57. The van der Waals surface area contributed by atoms with E-state index in [4.69, 9.17) is 11.6 Å². The van der Waals surface area contributed by atoms with Gasteiger partial charge in [-0.15, -0.1) is 11.3 Å². The first kappa shape index (κ1) is 22.6. The van der Waals surface area contributed by atoms with Crippen LogP contribution < -0.4 is 10.9 Å². The second-order valence-corrected chi connectivity index (χ2v) is 8.63. The Hall–Kier alpha value is -2.04. The lowest BCUT2D eigenvalue weighted by Gasteiger charge is -2.13. The van der Waals surface area contributed by atoms with Gasteiger partial charge < -0.3 is 5.32 Å². The fourth-order valence-electron chi connectivity index (χ4n) is 2.66. The highest BCUT2D eigenvalue weighted by atomic mass is 35.5. The first-order valence-electron chi connectivity index (χ1n) is 8.98. The first-order valence-corrected chi connectivity index (χ1v) is 11.2. The summed E-state index contributed by atoms with van der Waals surface area (Å²) in [6.45, 7) is 2.47. The van der Waals surface area contributed by atoms with E-state index < -0.39 is 17.6 Å². The topological polar surface area (TPSA) is 64.0 Å². The SMILES string of the molecule is CCCCn1c(SCC(=O)Nc2cc(C(F)(F)F)ccc2Cl)nc2ccsc2c1=O. The lowest BCUT2D eigenvalue weighted by atomic mass is 10.2. The van der Waals surface area contributed by atoms with Crippen LogP contribution in [-0.4, -0.2) is 21.2 Å². The highest BCUT2D eigenvalue weighted by molar-refractivity contribution is 7.99. The molecule has 0 aliphatic heterocycles. The van der Waals surface area contributed by atoms with Gasteiger partial charge in [-0.2, -0.15) is 13.2 Å². The number of thiophene rings is 1. The third-order valence-electron chi connectivity index (χ3n) is 4.17. The molecule has 0 spiro atoms. The van der Waals surface area contributed by atoms with E-state index in [9.17, 15) is 22.8 Å². The van der Waals surface area contributed by atoms with Crippen LogP contribution >= 0.6 is 34.7 Å². The van der Waals surface area contributed by atoms with Crippen molar-refractivity contribution in [3.63, 3.8) is 0 Å². The molecule has 3 aromatic rings. The summed E-state index contributed by atoms with van der Waals surface area (Å²) >= 11 is 8.28. The highest BCUT2D eigenvalue weighted by Gasteiger charge is 2.31. The van der Waals surface area contributed by atoms with Crippen molar-refractivity contribution in [1.29, 1.82) is 0 Å². The van der Waals surface area contributed by atoms with Gasteiger partial charge in [0.05, 0.1) is 27.5 Å². The normalized spacial score (nSPS) is 11.8. The van der Waals surface area contributed by atoms with E-state index in [1.165, 1.54) is 15.9 Å². The number of rotatable bonds is 7. The van der Waals surface area contributed by atoms with E-state index in [0.29, 0.717) is 21.9 Å². The molecule has 0 radical (unpaired) electrons. The van der Waals surface area contributed by atoms with Gasteiger partial charge >= 0.3 is 6.18 Å². The van der Waals surface area contributed by atoms with Crippen molar-refractivity contribution in [2.24, 2.45) is 0 Å². The van der Waals surface area contributed by atoms with Gasteiger partial charge in [-0.25, -0.2) is 4.98 Å². The van der Waals surface area contributed by atoms with Crippen LogP contribution in [-0.2, 0) is 17.5 Å². The molecular weight excluding hydrogens is 459 g/mol. The predicted molar refractivity (Wildman–Crippen MR) is 115 cm³/mol. The molecule has 0 saturated carbocycles. The Morgan fingerprint density at radius 3 is 2.80 bits per heavy atom. The minimum absolute atomic E-state index is 0.000906. The highest BCUT2D eigenvalue weighted by Crippen LogP contribution is 2.34. The summed E-state index contributed by atoms with van der Waals surface area (Å²) in [6.07, 6.45) is -2.89. The van der Waals surface area contributed by atoms with Gasteiger partial charge in [-0.1, -0.05) is 36.7 Å². The molecule has 0 fully saturated rings. The van der Waals surface area contributed by atoms with Crippen molar-refractivity contribution < 1.29 is 18.0 Å². The zero-order valence-electron chi connectivity index (χ0n) is 15.8. The van der Waals surface area contributed by atoms with E-state index in [2.05, 4.69) is 10.3 Å². The lowest BCUT2D eigenvalue weighted by molar-refractivity contribution is -0.137. The van der Waals surface area contributed by atoms with Crippen LogP contribution in [0.4, 0.5) is 18.9 Å². The number of benzene rings is 1. The van der Waals surface area contributed by atoms with Crippen LogP contribution in [0, 0.1) is 0 Å². The molecule has 0 atom stereocenters. The van der Waals surface area contributed by atoms with Crippen molar-refractivity contribution in [3.8, 4) is 0 Å². The van der Waals surface area contributed by atoms with Gasteiger partial charge in [-0.05, 0) is 36.1 Å². The number of fused-ring (bicyclic) bond motifs is 1. The zero-order valence-corrected chi connectivity index (χ0v) is 18.1. The molecule has 3 rings (SSSR count). The smallest absolute Gasteiger partial charge is 0.324 e. The van der Waals surface area contributed by atoms with Gasteiger partial charge in [0.2, 0.25) is 5.91 Å². The number of halogens is 4. The van der Waals surface area contributed by atoms with Crippen molar-refractivity contribution in [2.45, 2.75) is 37.6 Å². The summed E-state index contributed by atoms with van der Waals surface area (Å²) in [4.78, 5) is 29.5. The van der Waals surface area contributed by atoms with Crippen LogP contribution in [0.25, 0.3) is 10.2 Å². The number of carbonyl (C=O) groups excluding carboxylic acids is 1. The maximum Gasteiger partial charge on any atom is 0.416 e. The van der Waals surface area contributed by atoms with Crippen LogP contribution in [0.15, 0.2) is 39.6 Å². The number of carbonyl (C=O) groups is 1. The molecular formula is C19H17ClF3N3O2S2. The van der Waals surface area contributed by atoms with E-state index in [1.807, 2.05) is 6.92 Å². The van der Waals surface area contributed by atoms with Crippen molar-refractivity contribution in [2.75, 3.05) is 11.1 Å². The van der Waals surface area contributed by atoms with Crippen molar-refractivity contribution >= 4 is 56.5 Å². The number of anilines is 1. The van der Waals surface area contributed by atoms with E-state index in [-0.39, 0.29) is 22.0 Å². The van der Waals surface area contributed by atoms with E-state index in [1.54, 1.807) is 11.4 Å². The number of amides is 1. The molecule has 160 valence electrons. The second kappa shape index (κ2) is 9.40. The molecule has 2 aromatic heterocycles. The van der Waals surface area contributed by atoms with E-state index in [0.717, 1.165) is 42.8 Å². The fourth-order valence-corrected chi connectivity index (χ4v) is 4.43. The molecule has 2 heterocycles. The van der Waals surface area contributed by atoms with Crippen molar-refractivity contribution in [3.05, 3.63) is 50.6 Å². The number of aromatic nitrogens is 2. The third kappa shape index (κ3) is 5.16. The summed E-state index contributed by atoms with van der Waals surface area (Å²) in [6, 6.07) is 4.45. The maximum absolute atomic E-state index is 12.9. The predicted octanol–water partition coefficient (Wildman–Crippen LogP) is 5.66.